The normalized spacial score (nSPS) is 23.3. The van der Waals surface area contributed by atoms with E-state index in [1.54, 1.807) is 7.11 Å². The number of halogens is 1. The van der Waals surface area contributed by atoms with Crippen LogP contribution in [0.3, 0.4) is 0 Å². The zero-order valence-electron chi connectivity index (χ0n) is 12.0. The van der Waals surface area contributed by atoms with Gasteiger partial charge in [0.1, 0.15) is 0 Å². The minimum Gasteiger partial charge on any atom is -0.384 e. The summed E-state index contributed by atoms with van der Waals surface area (Å²) < 4.78 is 5.35. The molecule has 2 rings (SSSR count). The second-order valence-corrected chi connectivity index (χ2v) is 5.67. The molecule has 1 N–H and O–H groups in total. The highest BCUT2D eigenvalue weighted by atomic mass is 35.5. The van der Waals surface area contributed by atoms with Crippen LogP contribution < -0.4 is 5.32 Å². The van der Waals surface area contributed by atoms with Crippen LogP contribution in [-0.2, 0) is 9.53 Å². The molecule has 0 aromatic carbocycles. The number of carbonyl (C=O) groups is 1. The fourth-order valence-electron chi connectivity index (χ4n) is 3.21. The first kappa shape index (κ1) is 16.7. The van der Waals surface area contributed by atoms with E-state index >= 15 is 0 Å². The number of nitrogens with zero attached hydrogens (tertiary/aromatic N) is 1. The molecule has 0 aromatic heterocycles. The highest BCUT2D eigenvalue weighted by molar-refractivity contribution is 5.85. The number of nitrogens with one attached hydrogen (secondary N) is 1. The van der Waals surface area contributed by atoms with Gasteiger partial charge in [0, 0.05) is 20.2 Å². The standard InChI is InChI=1S/C14H26N2O2.ClH/c1-18-12-14(6-8-15-9-7-14)13(17)16-10-4-2-3-5-11-16;/h15H,2-12H2,1H3;1H. The number of rotatable bonds is 3. The highest BCUT2D eigenvalue weighted by Gasteiger charge is 2.42. The SMILES string of the molecule is COCC1(C(=O)N2CCCCCC2)CCNCC1.Cl. The molecular formula is C14H27ClN2O2. The molecule has 0 aliphatic carbocycles. The van der Waals surface area contributed by atoms with Gasteiger partial charge in [0.25, 0.3) is 0 Å². The van der Waals surface area contributed by atoms with Crippen molar-refractivity contribution in [1.82, 2.24) is 10.2 Å². The highest BCUT2D eigenvalue weighted by Crippen LogP contribution is 2.32. The first-order chi connectivity index (χ1) is 8.78. The van der Waals surface area contributed by atoms with Gasteiger partial charge in [-0.25, -0.2) is 0 Å². The Labute approximate surface area is 122 Å². The lowest BCUT2D eigenvalue weighted by Crippen LogP contribution is -2.51. The van der Waals surface area contributed by atoms with E-state index in [9.17, 15) is 4.79 Å². The molecule has 5 heteroatoms. The molecule has 4 nitrogen and oxygen atoms in total. The smallest absolute Gasteiger partial charge is 0.231 e. The molecule has 2 saturated heterocycles. The molecule has 0 spiro atoms. The summed E-state index contributed by atoms with van der Waals surface area (Å²) in [5.74, 6) is 0.341. The molecule has 2 aliphatic rings. The van der Waals surface area contributed by atoms with Crippen LogP contribution in [0.5, 0.6) is 0 Å². The maximum absolute atomic E-state index is 12.8. The number of likely N-dealkylation sites (tertiary alicyclic amines) is 1. The lowest BCUT2D eigenvalue weighted by molar-refractivity contribution is -0.147. The average molecular weight is 291 g/mol. The Bertz CT molecular complexity index is 267. The van der Waals surface area contributed by atoms with Crippen molar-refractivity contribution in [2.45, 2.75) is 38.5 Å². The van der Waals surface area contributed by atoms with E-state index in [-0.39, 0.29) is 17.8 Å². The van der Waals surface area contributed by atoms with Crippen molar-refractivity contribution in [3.63, 3.8) is 0 Å². The van der Waals surface area contributed by atoms with Crippen molar-refractivity contribution in [2.75, 3.05) is 39.9 Å². The van der Waals surface area contributed by atoms with E-state index in [1.807, 2.05) is 0 Å². The van der Waals surface area contributed by atoms with Gasteiger partial charge in [0.15, 0.2) is 0 Å². The fourth-order valence-corrected chi connectivity index (χ4v) is 3.21. The van der Waals surface area contributed by atoms with E-state index in [1.165, 1.54) is 12.8 Å². The van der Waals surface area contributed by atoms with Gasteiger partial charge < -0.3 is 15.0 Å². The van der Waals surface area contributed by atoms with Crippen LogP contribution in [0.15, 0.2) is 0 Å². The Hall–Kier alpha value is -0.320. The Morgan fingerprint density at radius 2 is 1.74 bits per heavy atom. The molecule has 2 heterocycles. The molecule has 0 radical (unpaired) electrons. The van der Waals surface area contributed by atoms with Crippen LogP contribution >= 0.6 is 12.4 Å². The van der Waals surface area contributed by atoms with Crippen LogP contribution in [0, 0.1) is 5.41 Å². The van der Waals surface area contributed by atoms with Gasteiger partial charge in [-0.05, 0) is 38.8 Å². The summed E-state index contributed by atoms with van der Waals surface area (Å²) in [6, 6.07) is 0. The summed E-state index contributed by atoms with van der Waals surface area (Å²) in [5.41, 5.74) is -0.260. The van der Waals surface area contributed by atoms with Crippen molar-refractivity contribution >= 4 is 18.3 Å². The van der Waals surface area contributed by atoms with E-state index in [2.05, 4.69) is 10.2 Å². The third-order valence-electron chi connectivity index (χ3n) is 4.33. The quantitative estimate of drug-likeness (QED) is 0.862. The maximum atomic E-state index is 12.8. The molecule has 2 aliphatic heterocycles. The molecule has 0 unspecified atom stereocenters. The minimum absolute atomic E-state index is 0. The Balaban J connectivity index is 0.00000180. The predicted octanol–water partition coefficient (Wildman–Crippen LogP) is 1.83. The van der Waals surface area contributed by atoms with E-state index in [4.69, 9.17) is 4.74 Å². The monoisotopic (exact) mass is 290 g/mol. The maximum Gasteiger partial charge on any atom is 0.231 e. The molecule has 112 valence electrons. The number of amides is 1. The summed E-state index contributed by atoms with van der Waals surface area (Å²) in [5, 5.41) is 3.34. The van der Waals surface area contributed by atoms with E-state index < -0.39 is 0 Å². The second kappa shape index (κ2) is 8.08. The minimum atomic E-state index is -0.260. The number of ether oxygens (including phenoxy) is 1. The molecule has 19 heavy (non-hydrogen) atoms. The van der Waals surface area contributed by atoms with Crippen molar-refractivity contribution in [3.8, 4) is 0 Å². The Morgan fingerprint density at radius 1 is 1.16 bits per heavy atom. The number of piperidine rings is 1. The van der Waals surface area contributed by atoms with Crippen molar-refractivity contribution in [2.24, 2.45) is 5.41 Å². The lowest BCUT2D eigenvalue weighted by Gasteiger charge is -2.39. The van der Waals surface area contributed by atoms with Crippen LogP contribution in [0.1, 0.15) is 38.5 Å². The van der Waals surface area contributed by atoms with Crippen LogP contribution in [-0.4, -0.2) is 50.7 Å². The van der Waals surface area contributed by atoms with Gasteiger partial charge in [-0.1, -0.05) is 12.8 Å². The zero-order chi connectivity index (χ0) is 12.8. The molecule has 0 aromatic rings. The summed E-state index contributed by atoms with van der Waals surface area (Å²) >= 11 is 0. The molecule has 0 bridgehead atoms. The first-order valence-corrected chi connectivity index (χ1v) is 7.27. The van der Waals surface area contributed by atoms with Gasteiger partial charge in [-0.3, -0.25) is 4.79 Å². The first-order valence-electron chi connectivity index (χ1n) is 7.27. The zero-order valence-corrected chi connectivity index (χ0v) is 12.8. The van der Waals surface area contributed by atoms with Crippen molar-refractivity contribution in [1.29, 1.82) is 0 Å². The largest absolute Gasteiger partial charge is 0.384 e. The fraction of sp³-hybridized carbons (Fsp3) is 0.929. The molecule has 2 fully saturated rings. The second-order valence-electron chi connectivity index (χ2n) is 5.67. The predicted molar refractivity (Wildman–Crippen MR) is 78.7 cm³/mol. The summed E-state index contributed by atoms with van der Waals surface area (Å²) in [4.78, 5) is 14.9. The van der Waals surface area contributed by atoms with Crippen LogP contribution in [0.2, 0.25) is 0 Å². The molecular weight excluding hydrogens is 264 g/mol. The number of carbonyl (C=O) groups excluding carboxylic acids is 1. The van der Waals surface area contributed by atoms with Gasteiger partial charge in [0.05, 0.1) is 12.0 Å². The van der Waals surface area contributed by atoms with Crippen molar-refractivity contribution < 1.29 is 9.53 Å². The van der Waals surface area contributed by atoms with Gasteiger partial charge in [0.2, 0.25) is 5.91 Å². The Morgan fingerprint density at radius 3 is 2.26 bits per heavy atom. The average Bonchev–Trinajstić information content (AvgIpc) is 2.68. The molecule has 0 atom stereocenters. The summed E-state index contributed by atoms with van der Waals surface area (Å²) in [6.45, 7) is 4.32. The van der Waals surface area contributed by atoms with E-state index in [0.717, 1.165) is 51.9 Å². The van der Waals surface area contributed by atoms with Gasteiger partial charge in [-0.15, -0.1) is 12.4 Å². The van der Waals surface area contributed by atoms with Crippen LogP contribution in [0.4, 0.5) is 0 Å². The number of hydrogen-bond donors (Lipinski definition) is 1. The number of methoxy groups -OCH3 is 1. The molecule has 0 saturated carbocycles. The Kier molecular flexibility index (Phi) is 7.11. The topological polar surface area (TPSA) is 41.6 Å². The van der Waals surface area contributed by atoms with E-state index in [0.29, 0.717) is 12.5 Å². The molecule has 1 amide bonds. The third kappa shape index (κ3) is 4.07. The van der Waals surface area contributed by atoms with Gasteiger partial charge >= 0.3 is 0 Å². The van der Waals surface area contributed by atoms with Gasteiger partial charge in [-0.2, -0.15) is 0 Å². The summed E-state index contributed by atoms with van der Waals surface area (Å²) in [6.07, 6.45) is 6.68. The third-order valence-corrected chi connectivity index (χ3v) is 4.33. The van der Waals surface area contributed by atoms with Crippen LogP contribution in [0.25, 0.3) is 0 Å². The number of hydrogen-bond acceptors (Lipinski definition) is 3. The van der Waals surface area contributed by atoms with Crippen molar-refractivity contribution in [3.05, 3.63) is 0 Å². The lowest BCUT2D eigenvalue weighted by atomic mass is 9.78. The summed E-state index contributed by atoms with van der Waals surface area (Å²) in [7, 11) is 1.71.